The predicted molar refractivity (Wildman–Crippen MR) is 120 cm³/mol. The number of carbonyl (C=O) groups is 1. The van der Waals surface area contributed by atoms with Gasteiger partial charge >= 0.3 is 6.03 Å². The standard InChI is InChI=1S/C22H29N3O6S/c1-29-19-8-7-17(15-20(19)30-2)9-10-23-22(26)24-16-18-5-3-4-6-21(18)32(27,28)25-11-13-31-14-12-25/h3-8,15H,9-14,16H2,1-2H3,(H2,23,24,26). The van der Waals surface area contributed by atoms with Crippen molar-refractivity contribution in [3.05, 3.63) is 53.6 Å². The molecule has 10 heteroatoms. The number of carbonyl (C=O) groups excluding carboxylic acids is 1. The van der Waals surface area contributed by atoms with Crippen LogP contribution in [0.4, 0.5) is 4.79 Å². The van der Waals surface area contributed by atoms with Crippen LogP contribution in [0.15, 0.2) is 47.4 Å². The van der Waals surface area contributed by atoms with Crippen LogP contribution in [0.25, 0.3) is 0 Å². The van der Waals surface area contributed by atoms with Gasteiger partial charge in [0.25, 0.3) is 0 Å². The van der Waals surface area contributed by atoms with E-state index in [9.17, 15) is 13.2 Å². The Hall–Kier alpha value is -2.82. The summed E-state index contributed by atoms with van der Waals surface area (Å²) < 4.78 is 43.2. The average Bonchev–Trinajstić information content (AvgIpc) is 2.83. The summed E-state index contributed by atoms with van der Waals surface area (Å²) in [5, 5.41) is 5.53. The highest BCUT2D eigenvalue weighted by Gasteiger charge is 2.28. The first-order valence-electron chi connectivity index (χ1n) is 10.3. The highest BCUT2D eigenvalue weighted by atomic mass is 32.2. The maximum absolute atomic E-state index is 13.0. The molecule has 32 heavy (non-hydrogen) atoms. The van der Waals surface area contributed by atoms with Gasteiger partial charge in [-0.1, -0.05) is 24.3 Å². The van der Waals surface area contributed by atoms with Crippen molar-refractivity contribution in [3.8, 4) is 11.5 Å². The molecule has 0 radical (unpaired) electrons. The number of hydrogen-bond acceptors (Lipinski definition) is 6. The number of amides is 2. The zero-order valence-corrected chi connectivity index (χ0v) is 19.1. The fourth-order valence-electron chi connectivity index (χ4n) is 3.42. The first-order valence-corrected chi connectivity index (χ1v) is 11.8. The first-order chi connectivity index (χ1) is 15.5. The summed E-state index contributed by atoms with van der Waals surface area (Å²) in [7, 11) is -0.495. The minimum absolute atomic E-state index is 0.0991. The van der Waals surface area contributed by atoms with Crippen LogP contribution in [-0.4, -0.2) is 65.8 Å². The summed E-state index contributed by atoms with van der Waals surface area (Å²) >= 11 is 0. The van der Waals surface area contributed by atoms with Crippen molar-refractivity contribution in [1.82, 2.24) is 14.9 Å². The van der Waals surface area contributed by atoms with Gasteiger partial charge in [0.1, 0.15) is 0 Å². The lowest BCUT2D eigenvalue weighted by Crippen LogP contribution is -2.41. The number of methoxy groups -OCH3 is 2. The fourth-order valence-corrected chi connectivity index (χ4v) is 5.05. The number of nitrogens with one attached hydrogen (secondary N) is 2. The Balaban J connectivity index is 1.54. The van der Waals surface area contributed by atoms with Crippen LogP contribution in [0.1, 0.15) is 11.1 Å². The van der Waals surface area contributed by atoms with Gasteiger partial charge in [0.15, 0.2) is 11.5 Å². The summed E-state index contributed by atoms with van der Waals surface area (Å²) in [6.45, 7) is 1.91. The lowest BCUT2D eigenvalue weighted by molar-refractivity contribution is 0.0730. The molecule has 1 aliphatic rings. The third-order valence-electron chi connectivity index (χ3n) is 5.15. The Kier molecular flexibility index (Phi) is 8.32. The quantitative estimate of drug-likeness (QED) is 0.587. The molecule has 3 rings (SSSR count). The Morgan fingerprint density at radius 3 is 2.47 bits per heavy atom. The SMILES string of the molecule is COc1ccc(CCNC(=O)NCc2ccccc2S(=O)(=O)N2CCOCC2)cc1OC. The molecule has 2 aromatic carbocycles. The average molecular weight is 464 g/mol. The Labute approximate surface area is 188 Å². The third kappa shape index (κ3) is 5.90. The van der Waals surface area contributed by atoms with Crippen LogP contribution >= 0.6 is 0 Å². The van der Waals surface area contributed by atoms with Crippen LogP contribution in [0.5, 0.6) is 11.5 Å². The number of morpholine rings is 1. The van der Waals surface area contributed by atoms with Gasteiger partial charge in [0, 0.05) is 26.2 Å². The van der Waals surface area contributed by atoms with E-state index in [0.717, 1.165) is 5.56 Å². The van der Waals surface area contributed by atoms with Crippen LogP contribution in [0.3, 0.4) is 0 Å². The number of ether oxygens (including phenoxy) is 3. The molecule has 1 aliphatic heterocycles. The van der Waals surface area contributed by atoms with Gasteiger partial charge in [-0.3, -0.25) is 0 Å². The number of hydrogen-bond donors (Lipinski definition) is 2. The van der Waals surface area contributed by atoms with Crippen LogP contribution in [-0.2, 0) is 27.7 Å². The zero-order valence-electron chi connectivity index (χ0n) is 18.3. The molecule has 1 fully saturated rings. The van der Waals surface area contributed by atoms with Gasteiger partial charge in [0.05, 0.1) is 32.3 Å². The van der Waals surface area contributed by atoms with Crippen LogP contribution < -0.4 is 20.1 Å². The summed E-state index contributed by atoms with van der Waals surface area (Å²) in [6.07, 6.45) is 0.607. The van der Waals surface area contributed by atoms with Gasteiger partial charge in [-0.15, -0.1) is 0 Å². The Morgan fingerprint density at radius 1 is 1.03 bits per heavy atom. The molecule has 0 saturated carbocycles. The largest absolute Gasteiger partial charge is 0.493 e. The van der Waals surface area contributed by atoms with Crippen LogP contribution in [0, 0.1) is 0 Å². The number of urea groups is 1. The van der Waals surface area contributed by atoms with Gasteiger partial charge in [0.2, 0.25) is 10.0 Å². The Morgan fingerprint density at radius 2 is 1.75 bits per heavy atom. The van der Waals surface area contributed by atoms with Gasteiger partial charge in [-0.2, -0.15) is 4.31 Å². The van der Waals surface area contributed by atoms with E-state index in [4.69, 9.17) is 14.2 Å². The molecule has 1 heterocycles. The van der Waals surface area contributed by atoms with E-state index in [-0.39, 0.29) is 17.5 Å². The van der Waals surface area contributed by atoms with E-state index in [2.05, 4.69) is 10.6 Å². The molecular formula is C22H29N3O6S. The van der Waals surface area contributed by atoms with Crippen molar-refractivity contribution in [1.29, 1.82) is 0 Å². The second-order valence-electron chi connectivity index (χ2n) is 7.17. The van der Waals surface area contributed by atoms with Gasteiger partial charge in [-0.05, 0) is 35.7 Å². The molecule has 0 bridgehead atoms. The van der Waals surface area contributed by atoms with E-state index < -0.39 is 10.0 Å². The normalized spacial score (nSPS) is 14.6. The fraction of sp³-hybridized carbons (Fsp3) is 0.409. The predicted octanol–water partition coefficient (Wildman–Crippen LogP) is 1.77. The minimum atomic E-state index is -3.65. The van der Waals surface area contributed by atoms with Gasteiger partial charge < -0.3 is 24.8 Å². The summed E-state index contributed by atoms with van der Waals surface area (Å²) in [6, 6.07) is 11.9. The van der Waals surface area contributed by atoms with Crippen molar-refractivity contribution in [2.45, 2.75) is 17.9 Å². The number of sulfonamides is 1. The molecule has 1 saturated heterocycles. The topological polar surface area (TPSA) is 106 Å². The van der Waals surface area contributed by atoms with Crippen molar-refractivity contribution in [2.24, 2.45) is 0 Å². The molecule has 174 valence electrons. The maximum atomic E-state index is 13.0. The molecule has 0 atom stereocenters. The van der Waals surface area contributed by atoms with Crippen molar-refractivity contribution >= 4 is 16.1 Å². The smallest absolute Gasteiger partial charge is 0.315 e. The zero-order chi connectivity index (χ0) is 23.0. The van der Waals surface area contributed by atoms with Crippen molar-refractivity contribution < 1.29 is 27.4 Å². The second-order valence-corrected chi connectivity index (χ2v) is 9.08. The molecule has 0 spiro atoms. The minimum Gasteiger partial charge on any atom is -0.493 e. The van der Waals surface area contributed by atoms with Crippen molar-refractivity contribution in [3.63, 3.8) is 0 Å². The van der Waals surface area contributed by atoms with E-state index in [1.165, 1.54) is 4.31 Å². The van der Waals surface area contributed by atoms with Gasteiger partial charge in [-0.25, -0.2) is 13.2 Å². The molecule has 2 amide bonds. The van der Waals surface area contributed by atoms with E-state index in [1.54, 1.807) is 38.5 Å². The van der Waals surface area contributed by atoms with E-state index in [1.807, 2.05) is 18.2 Å². The summed E-state index contributed by atoms with van der Waals surface area (Å²) in [5.74, 6) is 1.28. The first kappa shape index (κ1) is 23.8. The molecule has 0 aromatic heterocycles. The highest BCUT2D eigenvalue weighted by molar-refractivity contribution is 7.89. The van der Waals surface area contributed by atoms with E-state index in [0.29, 0.717) is 56.3 Å². The summed E-state index contributed by atoms with van der Waals surface area (Å²) in [4.78, 5) is 12.5. The lowest BCUT2D eigenvalue weighted by Gasteiger charge is -2.27. The number of benzene rings is 2. The monoisotopic (exact) mass is 463 g/mol. The highest BCUT2D eigenvalue weighted by Crippen LogP contribution is 2.27. The molecular weight excluding hydrogens is 434 g/mol. The van der Waals surface area contributed by atoms with Crippen molar-refractivity contribution in [2.75, 3.05) is 47.1 Å². The summed E-state index contributed by atoms with van der Waals surface area (Å²) in [5.41, 5.74) is 1.53. The molecule has 2 aromatic rings. The lowest BCUT2D eigenvalue weighted by atomic mass is 10.1. The van der Waals surface area contributed by atoms with Crippen LogP contribution in [0.2, 0.25) is 0 Å². The number of rotatable bonds is 9. The number of nitrogens with zero attached hydrogens (tertiary/aromatic N) is 1. The van der Waals surface area contributed by atoms with E-state index >= 15 is 0 Å². The third-order valence-corrected chi connectivity index (χ3v) is 7.15. The second kappa shape index (κ2) is 11.2. The maximum Gasteiger partial charge on any atom is 0.315 e. The Bertz CT molecular complexity index is 1020. The molecule has 9 nitrogen and oxygen atoms in total. The molecule has 0 unspecified atom stereocenters. The molecule has 0 aliphatic carbocycles. The molecule has 2 N–H and O–H groups in total.